The first-order chi connectivity index (χ1) is 10.3. The molecule has 0 radical (unpaired) electrons. The molecule has 0 heterocycles. The van der Waals surface area contributed by atoms with Crippen molar-refractivity contribution in [3.8, 4) is 5.75 Å². The van der Waals surface area contributed by atoms with Crippen LogP contribution in [0.25, 0.3) is 0 Å². The van der Waals surface area contributed by atoms with E-state index in [0.717, 1.165) is 12.8 Å². The summed E-state index contributed by atoms with van der Waals surface area (Å²) in [4.78, 5) is 24.6. The molecule has 2 N–H and O–H groups in total. The van der Waals surface area contributed by atoms with Gasteiger partial charge in [0.2, 0.25) is 11.8 Å². The molecular formula is C16H23ClN2O3. The van der Waals surface area contributed by atoms with Crippen molar-refractivity contribution in [2.45, 2.75) is 33.6 Å². The Kier molecular flexibility index (Phi) is 6.68. The number of unbranched alkanes of at least 4 members (excludes halogenated alkanes) is 1. The van der Waals surface area contributed by atoms with E-state index < -0.39 is 11.3 Å². The summed E-state index contributed by atoms with van der Waals surface area (Å²) in [6.07, 6.45) is 1.86. The third-order valence-electron chi connectivity index (χ3n) is 3.36. The van der Waals surface area contributed by atoms with Crippen molar-refractivity contribution >= 4 is 29.1 Å². The molecule has 0 aliphatic rings. The first-order valence-electron chi connectivity index (χ1n) is 7.26. The monoisotopic (exact) mass is 326 g/mol. The van der Waals surface area contributed by atoms with Crippen LogP contribution in [0.3, 0.4) is 0 Å². The Balaban J connectivity index is 2.82. The Hall–Kier alpha value is -1.75. The molecule has 0 spiro atoms. The fourth-order valence-corrected chi connectivity index (χ4v) is 1.93. The molecule has 122 valence electrons. The van der Waals surface area contributed by atoms with Gasteiger partial charge in [-0.3, -0.25) is 9.59 Å². The first-order valence-corrected chi connectivity index (χ1v) is 7.64. The van der Waals surface area contributed by atoms with Crippen molar-refractivity contribution in [1.29, 1.82) is 0 Å². The van der Waals surface area contributed by atoms with Gasteiger partial charge < -0.3 is 15.4 Å². The van der Waals surface area contributed by atoms with Gasteiger partial charge in [0.15, 0.2) is 0 Å². The van der Waals surface area contributed by atoms with E-state index in [1.165, 1.54) is 7.11 Å². The Morgan fingerprint density at radius 3 is 2.55 bits per heavy atom. The predicted molar refractivity (Wildman–Crippen MR) is 88.3 cm³/mol. The lowest BCUT2D eigenvalue weighted by Crippen LogP contribution is -2.45. The molecule has 1 aromatic rings. The van der Waals surface area contributed by atoms with Crippen molar-refractivity contribution < 1.29 is 14.3 Å². The molecule has 0 aliphatic heterocycles. The van der Waals surface area contributed by atoms with Crippen LogP contribution in [0.15, 0.2) is 18.2 Å². The molecule has 0 saturated heterocycles. The number of amides is 2. The van der Waals surface area contributed by atoms with Gasteiger partial charge >= 0.3 is 0 Å². The number of rotatable bonds is 7. The van der Waals surface area contributed by atoms with Crippen molar-refractivity contribution in [3.63, 3.8) is 0 Å². The molecule has 0 aromatic heterocycles. The molecular weight excluding hydrogens is 304 g/mol. The van der Waals surface area contributed by atoms with Gasteiger partial charge in [-0.1, -0.05) is 24.9 Å². The number of anilines is 1. The molecule has 0 atom stereocenters. The summed E-state index contributed by atoms with van der Waals surface area (Å²) in [5.41, 5.74) is -0.754. The summed E-state index contributed by atoms with van der Waals surface area (Å²) in [6, 6.07) is 4.91. The SMILES string of the molecule is CCCCNC(=O)C(C)(C)C(=O)Nc1cc(Cl)ccc1OC. The lowest BCUT2D eigenvalue weighted by Gasteiger charge is -2.23. The van der Waals surface area contributed by atoms with Crippen molar-refractivity contribution in [3.05, 3.63) is 23.2 Å². The maximum Gasteiger partial charge on any atom is 0.239 e. The Morgan fingerprint density at radius 2 is 1.95 bits per heavy atom. The largest absolute Gasteiger partial charge is 0.495 e. The molecule has 0 saturated carbocycles. The molecule has 22 heavy (non-hydrogen) atoms. The highest BCUT2D eigenvalue weighted by Crippen LogP contribution is 2.29. The summed E-state index contributed by atoms with van der Waals surface area (Å²) in [7, 11) is 1.50. The number of benzene rings is 1. The third kappa shape index (κ3) is 4.63. The van der Waals surface area contributed by atoms with Crippen molar-refractivity contribution in [2.75, 3.05) is 19.0 Å². The minimum absolute atomic E-state index is 0.306. The van der Waals surface area contributed by atoms with E-state index in [9.17, 15) is 9.59 Å². The minimum Gasteiger partial charge on any atom is -0.495 e. The highest BCUT2D eigenvalue weighted by molar-refractivity contribution is 6.31. The van der Waals surface area contributed by atoms with Gasteiger partial charge in [0.1, 0.15) is 11.2 Å². The predicted octanol–water partition coefficient (Wildman–Crippen LogP) is 3.23. The second kappa shape index (κ2) is 8.03. The Bertz CT molecular complexity index is 544. The van der Waals surface area contributed by atoms with Gasteiger partial charge in [-0.2, -0.15) is 0 Å². The van der Waals surface area contributed by atoms with Gasteiger partial charge in [0.05, 0.1) is 12.8 Å². The number of ether oxygens (including phenoxy) is 1. The number of nitrogens with one attached hydrogen (secondary N) is 2. The van der Waals surface area contributed by atoms with Crippen molar-refractivity contribution in [1.82, 2.24) is 5.32 Å². The molecule has 0 unspecified atom stereocenters. The summed E-state index contributed by atoms with van der Waals surface area (Å²) >= 11 is 5.93. The zero-order valence-corrected chi connectivity index (χ0v) is 14.2. The molecule has 2 amide bonds. The number of methoxy groups -OCH3 is 1. The van der Waals surface area contributed by atoms with E-state index in [2.05, 4.69) is 10.6 Å². The van der Waals surface area contributed by atoms with Gasteiger partial charge in [0.25, 0.3) is 0 Å². The second-order valence-corrected chi connectivity index (χ2v) is 5.97. The number of hydrogen-bond donors (Lipinski definition) is 2. The highest BCUT2D eigenvalue weighted by atomic mass is 35.5. The van der Waals surface area contributed by atoms with E-state index in [-0.39, 0.29) is 5.91 Å². The lowest BCUT2D eigenvalue weighted by molar-refractivity contribution is -0.138. The molecule has 0 aliphatic carbocycles. The zero-order chi connectivity index (χ0) is 16.8. The molecule has 0 fully saturated rings. The van der Waals surface area contributed by atoms with E-state index in [4.69, 9.17) is 16.3 Å². The van der Waals surface area contributed by atoms with E-state index in [1.54, 1.807) is 32.0 Å². The topological polar surface area (TPSA) is 67.4 Å². The smallest absolute Gasteiger partial charge is 0.239 e. The number of hydrogen-bond acceptors (Lipinski definition) is 3. The number of halogens is 1. The lowest BCUT2D eigenvalue weighted by atomic mass is 9.91. The molecule has 1 rings (SSSR count). The number of carbonyl (C=O) groups excluding carboxylic acids is 2. The average Bonchev–Trinajstić information content (AvgIpc) is 2.47. The Morgan fingerprint density at radius 1 is 1.27 bits per heavy atom. The second-order valence-electron chi connectivity index (χ2n) is 5.53. The van der Waals surface area contributed by atoms with Gasteiger partial charge in [0, 0.05) is 11.6 Å². The average molecular weight is 327 g/mol. The number of carbonyl (C=O) groups is 2. The van der Waals surface area contributed by atoms with Crippen LogP contribution >= 0.6 is 11.6 Å². The summed E-state index contributed by atoms with van der Waals surface area (Å²) < 4.78 is 5.18. The standard InChI is InChI=1S/C16H23ClN2O3/c1-5-6-9-18-14(20)16(2,3)15(21)19-12-10-11(17)7-8-13(12)22-4/h7-8,10H,5-6,9H2,1-4H3,(H,18,20)(H,19,21). The van der Waals surface area contributed by atoms with E-state index in [1.807, 2.05) is 6.92 Å². The normalized spacial score (nSPS) is 11.0. The van der Waals surface area contributed by atoms with Gasteiger partial charge in [-0.25, -0.2) is 0 Å². The van der Waals surface area contributed by atoms with Crippen molar-refractivity contribution in [2.24, 2.45) is 5.41 Å². The maximum atomic E-state index is 12.4. The molecule has 5 nitrogen and oxygen atoms in total. The van der Waals surface area contributed by atoms with Crippen LogP contribution in [0.4, 0.5) is 5.69 Å². The summed E-state index contributed by atoms with van der Waals surface area (Å²) in [6.45, 7) is 5.77. The van der Waals surface area contributed by atoms with Crippen LogP contribution in [0.5, 0.6) is 5.75 Å². The van der Waals surface area contributed by atoms with Crippen LogP contribution in [0.1, 0.15) is 33.6 Å². The fraction of sp³-hybridized carbons (Fsp3) is 0.500. The quantitative estimate of drug-likeness (QED) is 0.597. The van der Waals surface area contributed by atoms with E-state index in [0.29, 0.717) is 23.0 Å². The Labute approximate surface area is 136 Å². The van der Waals surface area contributed by atoms with Crippen LogP contribution in [-0.4, -0.2) is 25.5 Å². The molecule has 0 bridgehead atoms. The zero-order valence-electron chi connectivity index (χ0n) is 13.5. The van der Waals surface area contributed by atoms with Crippen LogP contribution < -0.4 is 15.4 Å². The molecule has 1 aromatic carbocycles. The maximum absolute atomic E-state index is 12.4. The van der Waals surface area contributed by atoms with Crippen LogP contribution in [0, 0.1) is 5.41 Å². The summed E-state index contributed by atoms with van der Waals surface area (Å²) in [5, 5.41) is 5.95. The highest BCUT2D eigenvalue weighted by Gasteiger charge is 2.36. The first kappa shape index (κ1) is 18.3. The third-order valence-corrected chi connectivity index (χ3v) is 3.60. The van der Waals surface area contributed by atoms with E-state index >= 15 is 0 Å². The minimum atomic E-state index is -1.19. The van der Waals surface area contributed by atoms with Gasteiger partial charge in [-0.15, -0.1) is 0 Å². The fourth-order valence-electron chi connectivity index (χ4n) is 1.76. The van der Waals surface area contributed by atoms with Crippen LogP contribution in [-0.2, 0) is 9.59 Å². The molecule has 6 heteroatoms. The van der Waals surface area contributed by atoms with Crippen LogP contribution in [0.2, 0.25) is 5.02 Å². The summed E-state index contributed by atoms with van der Waals surface area (Å²) in [5.74, 6) is -0.235. The van der Waals surface area contributed by atoms with Gasteiger partial charge in [-0.05, 0) is 38.5 Å².